The van der Waals surface area contributed by atoms with Crippen molar-refractivity contribution in [1.29, 1.82) is 5.26 Å². The van der Waals surface area contributed by atoms with E-state index in [1.807, 2.05) is 12.1 Å². The minimum Gasteiger partial charge on any atom is -0.366 e. The van der Waals surface area contributed by atoms with Crippen LogP contribution in [0.3, 0.4) is 0 Å². The summed E-state index contributed by atoms with van der Waals surface area (Å²) in [5, 5.41) is 12.6. The minimum atomic E-state index is -0.629. The molecule has 8 heteroatoms. The third kappa shape index (κ3) is 4.98. The number of hydrogen-bond donors (Lipinski definition) is 2. The number of hydrogen-bond acceptors (Lipinski definition) is 5. The average Bonchev–Trinajstić information content (AvgIpc) is 2.74. The number of rotatable bonds is 6. The van der Waals surface area contributed by atoms with Gasteiger partial charge in [0, 0.05) is 10.6 Å². The first-order valence-electron chi connectivity index (χ1n) is 8.92. The van der Waals surface area contributed by atoms with Gasteiger partial charge in [-0.2, -0.15) is 5.26 Å². The Kier molecular flexibility index (Phi) is 6.72. The number of nitrogens with zero attached hydrogens (tertiary/aromatic N) is 2. The largest absolute Gasteiger partial charge is 0.366 e. The molecule has 1 heterocycles. The summed E-state index contributed by atoms with van der Waals surface area (Å²) in [6.45, 7) is 1.70. The predicted molar refractivity (Wildman–Crippen MR) is 118 cm³/mol. The molecule has 2 aromatic carbocycles. The van der Waals surface area contributed by atoms with Crippen molar-refractivity contribution < 1.29 is 9.59 Å². The fourth-order valence-electron chi connectivity index (χ4n) is 2.66. The monoisotopic (exact) mass is 436 g/mol. The number of carbonyl (C=O) groups is 2. The Morgan fingerprint density at radius 1 is 1.13 bits per heavy atom. The van der Waals surface area contributed by atoms with Crippen LogP contribution in [0.4, 0.5) is 5.69 Å². The lowest BCUT2D eigenvalue weighted by Crippen LogP contribution is -2.24. The standard InChI is InChI=1S/C22H17ClN4O2S/c1-13(21(29)26-19-5-3-2-4-17(19)20(25)28)30-22-15(12-24)8-11-18(27-22)14-6-9-16(23)10-7-14/h2-11,13H,1H3,(H2,25,28)(H,26,29). The number of benzene rings is 2. The van der Waals surface area contributed by atoms with Gasteiger partial charge in [0.05, 0.1) is 27.8 Å². The fourth-order valence-corrected chi connectivity index (χ4v) is 3.68. The Morgan fingerprint density at radius 2 is 1.83 bits per heavy atom. The van der Waals surface area contributed by atoms with E-state index in [1.54, 1.807) is 55.5 Å². The van der Waals surface area contributed by atoms with Crippen molar-refractivity contribution in [2.24, 2.45) is 5.73 Å². The van der Waals surface area contributed by atoms with Gasteiger partial charge in [0.1, 0.15) is 11.1 Å². The SMILES string of the molecule is CC(Sc1nc(-c2ccc(Cl)cc2)ccc1C#N)C(=O)Nc1ccccc1C(N)=O. The highest BCUT2D eigenvalue weighted by molar-refractivity contribution is 8.00. The Hall–Kier alpha value is -3.34. The van der Waals surface area contributed by atoms with Crippen LogP contribution in [0.2, 0.25) is 5.02 Å². The molecule has 0 saturated heterocycles. The zero-order chi connectivity index (χ0) is 21.7. The maximum Gasteiger partial charge on any atom is 0.250 e. The van der Waals surface area contributed by atoms with Crippen LogP contribution < -0.4 is 11.1 Å². The summed E-state index contributed by atoms with van der Waals surface area (Å²) in [5.41, 5.74) is 7.81. The van der Waals surface area contributed by atoms with Crippen molar-refractivity contribution in [3.05, 3.63) is 76.8 Å². The summed E-state index contributed by atoms with van der Waals surface area (Å²) in [7, 11) is 0. The maximum atomic E-state index is 12.7. The number of amides is 2. The van der Waals surface area contributed by atoms with Gasteiger partial charge in [0.2, 0.25) is 5.91 Å². The molecule has 0 spiro atoms. The summed E-state index contributed by atoms with van der Waals surface area (Å²) in [6.07, 6.45) is 0. The number of nitrogens with one attached hydrogen (secondary N) is 1. The van der Waals surface area contributed by atoms with Crippen LogP contribution in [0.25, 0.3) is 11.3 Å². The van der Waals surface area contributed by atoms with Gasteiger partial charge in [0.15, 0.2) is 0 Å². The number of pyridine rings is 1. The molecule has 2 amide bonds. The fraction of sp³-hybridized carbons (Fsp3) is 0.0909. The van der Waals surface area contributed by atoms with Crippen molar-refractivity contribution in [2.45, 2.75) is 17.2 Å². The smallest absolute Gasteiger partial charge is 0.250 e. The van der Waals surface area contributed by atoms with Gasteiger partial charge in [-0.25, -0.2) is 4.98 Å². The van der Waals surface area contributed by atoms with Crippen LogP contribution in [-0.2, 0) is 4.79 Å². The number of carbonyl (C=O) groups excluding carboxylic acids is 2. The number of nitrogens with two attached hydrogens (primary N) is 1. The lowest BCUT2D eigenvalue weighted by atomic mass is 10.1. The maximum absolute atomic E-state index is 12.7. The van der Waals surface area contributed by atoms with Crippen LogP contribution in [0.1, 0.15) is 22.8 Å². The number of thioether (sulfide) groups is 1. The lowest BCUT2D eigenvalue weighted by Gasteiger charge is -2.14. The van der Waals surface area contributed by atoms with Gasteiger partial charge < -0.3 is 11.1 Å². The first-order chi connectivity index (χ1) is 14.4. The molecule has 1 aromatic heterocycles. The first kappa shape index (κ1) is 21.4. The molecule has 3 rings (SSSR count). The highest BCUT2D eigenvalue weighted by Crippen LogP contribution is 2.29. The minimum absolute atomic E-state index is 0.226. The molecule has 150 valence electrons. The Bertz CT molecular complexity index is 1140. The van der Waals surface area contributed by atoms with E-state index in [9.17, 15) is 14.9 Å². The molecule has 0 fully saturated rings. The zero-order valence-corrected chi connectivity index (χ0v) is 17.5. The van der Waals surface area contributed by atoms with Crippen molar-refractivity contribution in [3.63, 3.8) is 0 Å². The lowest BCUT2D eigenvalue weighted by molar-refractivity contribution is -0.115. The van der Waals surface area contributed by atoms with Crippen molar-refractivity contribution in [3.8, 4) is 17.3 Å². The Balaban J connectivity index is 1.82. The molecular weight excluding hydrogens is 420 g/mol. The van der Waals surface area contributed by atoms with E-state index < -0.39 is 11.2 Å². The quantitative estimate of drug-likeness (QED) is 0.553. The topological polar surface area (TPSA) is 109 Å². The van der Waals surface area contributed by atoms with Crippen LogP contribution >= 0.6 is 23.4 Å². The molecule has 3 N–H and O–H groups in total. The van der Waals surface area contributed by atoms with E-state index in [0.29, 0.717) is 27.0 Å². The van der Waals surface area contributed by atoms with Gasteiger partial charge in [-0.05, 0) is 43.3 Å². The second-order valence-electron chi connectivity index (χ2n) is 6.33. The summed E-state index contributed by atoms with van der Waals surface area (Å²) in [4.78, 5) is 28.8. The number of halogens is 1. The van der Waals surface area contributed by atoms with Gasteiger partial charge in [0.25, 0.3) is 5.91 Å². The van der Waals surface area contributed by atoms with Crippen molar-refractivity contribution >= 4 is 40.9 Å². The van der Waals surface area contributed by atoms with E-state index in [0.717, 1.165) is 17.3 Å². The summed E-state index contributed by atoms with van der Waals surface area (Å²) >= 11 is 7.10. The highest BCUT2D eigenvalue weighted by atomic mass is 35.5. The molecule has 1 atom stereocenters. The second-order valence-corrected chi connectivity index (χ2v) is 8.09. The third-order valence-corrected chi connectivity index (χ3v) is 5.58. The summed E-state index contributed by atoms with van der Waals surface area (Å²) < 4.78 is 0. The molecule has 0 radical (unpaired) electrons. The molecule has 3 aromatic rings. The van der Waals surface area contributed by atoms with Gasteiger partial charge >= 0.3 is 0 Å². The van der Waals surface area contributed by atoms with E-state index >= 15 is 0 Å². The number of aromatic nitrogens is 1. The molecule has 0 aliphatic heterocycles. The van der Waals surface area contributed by atoms with E-state index in [-0.39, 0.29) is 11.5 Å². The predicted octanol–water partition coefficient (Wildman–Crippen LogP) is 4.49. The van der Waals surface area contributed by atoms with Crippen molar-refractivity contribution in [2.75, 3.05) is 5.32 Å². The summed E-state index contributed by atoms with van der Waals surface area (Å²) in [6, 6.07) is 19.2. The Labute approximate surface area is 183 Å². The molecule has 0 aliphatic carbocycles. The first-order valence-corrected chi connectivity index (χ1v) is 10.2. The van der Waals surface area contributed by atoms with E-state index in [2.05, 4.69) is 16.4 Å². The molecule has 6 nitrogen and oxygen atoms in total. The molecule has 1 unspecified atom stereocenters. The normalized spacial score (nSPS) is 11.4. The van der Waals surface area contributed by atoms with Gasteiger partial charge in [-0.15, -0.1) is 0 Å². The number of para-hydroxylation sites is 1. The summed E-state index contributed by atoms with van der Waals surface area (Å²) in [5.74, 6) is -0.966. The van der Waals surface area contributed by atoms with Gasteiger partial charge in [-0.3, -0.25) is 9.59 Å². The zero-order valence-electron chi connectivity index (χ0n) is 15.9. The molecule has 30 heavy (non-hydrogen) atoms. The third-order valence-electron chi connectivity index (χ3n) is 4.23. The molecule has 0 bridgehead atoms. The number of primary amides is 1. The second kappa shape index (κ2) is 9.44. The van der Waals surface area contributed by atoms with Gasteiger partial charge in [-0.1, -0.05) is 47.6 Å². The Morgan fingerprint density at radius 3 is 2.50 bits per heavy atom. The molecular formula is C22H17ClN4O2S. The molecule has 0 aliphatic rings. The average molecular weight is 437 g/mol. The van der Waals surface area contributed by atoms with Crippen LogP contribution in [0.15, 0.2) is 65.7 Å². The number of nitriles is 1. The number of anilines is 1. The van der Waals surface area contributed by atoms with E-state index in [1.165, 1.54) is 0 Å². The molecule has 0 saturated carbocycles. The highest BCUT2D eigenvalue weighted by Gasteiger charge is 2.20. The van der Waals surface area contributed by atoms with Crippen molar-refractivity contribution in [1.82, 2.24) is 4.98 Å². The van der Waals surface area contributed by atoms with Crippen LogP contribution in [-0.4, -0.2) is 22.0 Å². The van der Waals surface area contributed by atoms with Crippen LogP contribution in [0, 0.1) is 11.3 Å². The van der Waals surface area contributed by atoms with Crippen LogP contribution in [0.5, 0.6) is 0 Å². The van der Waals surface area contributed by atoms with E-state index in [4.69, 9.17) is 17.3 Å².